The highest BCUT2D eigenvalue weighted by Crippen LogP contribution is 2.47. The highest BCUT2D eigenvalue weighted by molar-refractivity contribution is 6.06. The lowest BCUT2D eigenvalue weighted by atomic mass is 9.76. The van der Waals surface area contributed by atoms with Gasteiger partial charge in [-0.05, 0) is 112 Å². The lowest BCUT2D eigenvalue weighted by molar-refractivity contribution is -0.124. The standard InChI is InChI=1S/C39H46F2N8O3.C5H10O/c1-5-26-29(40)11-10-23-17-25(50)19-27(32(23)26)34-33(41)35-28(20-44-34)36(49-16-8-14-43-24(21-49)18-30(42)37(51)47(2)3)46-38(45-35)52-22-39-12-6-9-31(39)48(4)15-7-13-39;1-6-5-3-2-4-5/h10-11,17-20,31,50H,5-9,12-16,21-22,42H2,1-4H3;5H,2-4H2,1H3/b30-18-;. The van der Waals surface area contributed by atoms with Gasteiger partial charge in [-0.15, -0.1) is 0 Å². The van der Waals surface area contributed by atoms with E-state index in [1.807, 2.05) is 11.8 Å². The number of hydrogen-bond donors (Lipinski definition) is 2. The molecule has 2 saturated carbocycles. The van der Waals surface area contributed by atoms with Crippen LogP contribution in [0.4, 0.5) is 14.6 Å². The van der Waals surface area contributed by atoms with Gasteiger partial charge in [-0.3, -0.25) is 14.8 Å². The first-order valence-electron chi connectivity index (χ1n) is 20.6. The van der Waals surface area contributed by atoms with Crippen molar-refractivity contribution in [3.05, 3.63) is 59.4 Å². The topological polar surface area (TPSA) is 143 Å². The summed E-state index contributed by atoms with van der Waals surface area (Å²) in [5.74, 6) is -1.15. The minimum atomic E-state index is -0.733. The van der Waals surface area contributed by atoms with Crippen LogP contribution < -0.4 is 15.4 Å². The molecule has 0 spiro atoms. The molecular weight excluding hydrogens is 743 g/mol. The molecule has 2 aliphatic carbocycles. The van der Waals surface area contributed by atoms with Crippen LogP contribution in [0.2, 0.25) is 0 Å². The largest absolute Gasteiger partial charge is 0.508 e. The fourth-order valence-corrected chi connectivity index (χ4v) is 9.12. The lowest BCUT2D eigenvalue weighted by Crippen LogP contribution is -2.50. The normalized spacial score (nSPS) is 21.5. The number of likely N-dealkylation sites (N-methyl/N-ethyl adjacent to an activating group) is 1. The monoisotopic (exact) mass is 798 g/mol. The highest BCUT2D eigenvalue weighted by atomic mass is 19.1. The number of aromatic nitrogens is 3. The molecule has 2 aromatic carbocycles. The van der Waals surface area contributed by atoms with E-state index in [4.69, 9.17) is 20.2 Å². The first-order chi connectivity index (χ1) is 27.9. The summed E-state index contributed by atoms with van der Waals surface area (Å²) in [5, 5.41) is 12.1. The summed E-state index contributed by atoms with van der Waals surface area (Å²) in [7, 11) is 7.22. The average molecular weight is 799 g/mol. The van der Waals surface area contributed by atoms with E-state index in [2.05, 4.69) is 26.9 Å². The maximum Gasteiger partial charge on any atom is 0.319 e. The molecule has 2 unspecified atom stereocenters. The zero-order valence-corrected chi connectivity index (χ0v) is 34.4. The maximum absolute atomic E-state index is 17.1. The Morgan fingerprint density at radius 2 is 1.88 bits per heavy atom. The number of aliphatic imine (C=N–C) groups is 1. The van der Waals surface area contributed by atoms with Gasteiger partial charge in [0.05, 0.1) is 36.1 Å². The number of halogens is 2. The number of likely N-dealkylation sites (tertiary alicyclic amines) is 1. The number of methoxy groups -OCH3 is 1. The number of phenolic OH excluding ortho intramolecular Hbond substituents is 1. The van der Waals surface area contributed by atoms with E-state index in [1.54, 1.807) is 33.3 Å². The third-order valence-electron chi connectivity index (χ3n) is 12.4. The summed E-state index contributed by atoms with van der Waals surface area (Å²) >= 11 is 0. The lowest BCUT2D eigenvalue weighted by Gasteiger charge is -2.44. The van der Waals surface area contributed by atoms with Crippen molar-refractivity contribution in [2.45, 2.75) is 83.3 Å². The number of aryl methyl sites for hydroxylation is 1. The molecule has 4 aliphatic rings. The van der Waals surface area contributed by atoms with Gasteiger partial charge in [-0.1, -0.05) is 19.4 Å². The van der Waals surface area contributed by atoms with Gasteiger partial charge in [0, 0.05) is 57.5 Å². The van der Waals surface area contributed by atoms with Crippen LogP contribution in [-0.2, 0) is 16.0 Å². The Kier molecular flexibility index (Phi) is 12.4. The Morgan fingerprint density at radius 3 is 2.59 bits per heavy atom. The number of piperidine rings is 1. The SMILES string of the molecule is CCc1c(F)ccc2cc(O)cc(-c3ncc4c(N5CCCN=C(/C=C(\N)C(=O)N(C)C)C5)nc(OCC56CCCC5N(C)CCC6)nc4c3F)c12.COC1CCC1. The number of benzene rings is 2. The number of amides is 1. The van der Waals surface area contributed by atoms with E-state index in [0.29, 0.717) is 77.9 Å². The van der Waals surface area contributed by atoms with Crippen LogP contribution in [0.5, 0.6) is 11.8 Å². The van der Waals surface area contributed by atoms with Crippen molar-refractivity contribution >= 4 is 39.1 Å². The molecule has 1 saturated heterocycles. The number of nitrogens with zero attached hydrogens (tertiary/aromatic N) is 7. The zero-order valence-electron chi connectivity index (χ0n) is 34.4. The molecule has 14 heteroatoms. The Balaban J connectivity index is 0.000000783. The summed E-state index contributed by atoms with van der Waals surface area (Å²) in [4.78, 5) is 37.2. The summed E-state index contributed by atoms with van der Waals surface area (Å²) < 4.78 is 43.7. The maximum atomic E-state index is 17.1. The van der Waals surface area contributed by atoms with Gasteiger partial charge in [0.1, 0.15) is 28.6 Å². The van der Waals surface area contributed by atoms with Crippen molar-refractivity contribution in [1.82, 2.24) is 24.8 Å². The molecule has 1 amide bonds. The van der Waals surface area contributed by atoms with Crippen LogP contribution in [0.3, 0.4) is 0 Å². The Bertz CT molecular complexity index is 2220. The number of aromatic hydroxyl groups is 1. The smallest absolute Gasteiger partial charge is 0.319 e. The minimum Gasteiger partial charge on any atom is -0.508 e. The number of anilines is 1. The summed E-state index contributed by atoms with van der Waals surface area (Å²) in [6.07, 6.45) is 14.1. The van der Waals surface area contributed by atoms with Gasteiger partial charge in [-0.25, -0.2) is 8.78 Å². The van der Waals surface area contributed by atoms with Gasteiger partial charge in [0.2, 0.25) is 0 Å². The quantitative estimate of drug-likeness (QED) is 0.174. The average Bonchev–Trinajstić information content (AvgIpc) is 3.50. The molecule has 2 aliphatic heterocycles. The predicted octanol–water partition coefficient (Wildman–Crippen LogP) is 6.80. The number of carbonyl (C=O) groups excluding carboxylic acids is 1. The predicted molar refractivity (Wildman–Crippen MR) is 223 cm³/mol. The number of fused-ring (bicyclic) bond motifs is 3. The van der Waals surface area contributed by atoms with Gasteiger partial charge in [0.15, 0.2) is 5.82 Å². The number of carbonyl (C=O) groups is 1. The molecule has 3 fully saturated rings. The Morgan fingerprint density at radius 1 is 1.09 bits per heavy atom. The minimum absolute atomic E-state index is 0.00208. The number of ether oxygens (including phenoxy) is 2. The van der Waals surface area contributed by atoms with Gasteiger partial charge in [-0.2, -0.15) is 9.97 Å². The Hall–Kier alpha value is -4.95. The molecule has 0 bridgehead atoms. The van der Waals surface area contributed by atoms with Gasteiger partial charge < -0.3 is 35.0 Å². The number of rotatable bonds is 9. The molecule has 310 valence electrons. The van der Waals surface area contributed by atoms with Crippen LogP contribution in [0.15, 0.2) is 47.2 Å². The molecule has 58 heavy (non-hydrogen) atoms. The highest BCUT2D eigenvalue weighted by Gasteiger charge is 2.47. The number of hydrogen-bond acceptors (Lipinski definition) is 11. The molecule has 4 heterocycles. The fourth-order valence-electron chi connectivity index (χ4n) is 9.12. The zero-order chi connectivity index (χ0) is 41.1. The molecule has 4 aromatic rings. The molecule has 12 nitrogen and oxygen atoms in total. The summed E-state index contributed by atoms with van der Waals surface area (Å²) in [6.45, 7) is 4.58. The van der Waals surface area contributed by atoms with Crippen molar-refractivity contribution in [1.29, 1.82) is 0 Å². The van der Waals surface area contributed by atoms with Crippen molar-refractivity contribution in [3.63, 3.8) is 0 Å². The van der Waals surface area contributed by atoms with Crippen LogP contribution in [0.1, 0.15) is 70.3 Å². The molecule has 2 aromatic heterocycles. The van der Waals surface area contributed by atoms with Crippen LogP contribution in [-0.4, -0.2) is 115 Å². The van der Waals surface area contributed by atoms with E-state index in [9.17, 15) is 9.90 Å². The third-order valence-corrected chi connectivity index (χ3v) is 12.4. The first-order valence-corrected chi connectivity index (χ1v) is 20.6. The molecule has 0 radical (unpaired) electrons. The molecule has 3 N–H and O–H groups in total. The van der Waals surface area contributed by atoms with E-state index in [0.717, 1.165) is 38.6 Å². The van der Waals surface area contributed by atoms with Crippen molar-refractivity contribution < 1.29 is 28.2 Å². The van der Waals surface area contributed by atoms with Crippen molar-refractivity contribution in [2.75, 3.05) is 65.9 Å². The number of pyridine rings is 1. The second-order valence-electron chi connectivity index (χ2n) is 16.4. The molecule has 8 rings (SSSR count). The van der Waals surface area contributed by atoms with Gasteiger partial charge >= 0.3 is 6.01 Å². The Labute approximate surface area is 339 Å². The molecule has 2 atom stereocenters. The first kappa shape index (κ1) is 41.2. The third kappa shape index (κ3) is 8.31. The summed E-state index contributed by atoms with van der Waals surface area (Å²) in [5.41, 5.74) is 7.36. The van der Waals surface area contributed by atoms with E-state index in [-0.39, 0.29) is 52.1 Å². The number of nitrogens with two attached hydrogens (primary N) is 1. The van der Waals surface area contributed by atoms with Crippen LogP contribution >= 0.6 is 0 Å². The van der Waals surface area contributed by atoms with E-state index in [1.165, 1.54) is 48.6 Å². The van der Waals surface area contributed by atoms with Crippen LogP contribution in [0.25, 0.3) is 32.9 Å². The molecular formula is C44H56F2N8O4. The van der Waals surface area contributed by atoms with E-state index >= 15 is 8.78 Å². The van der Waals surface area contributed by atoms with Gasteiger partial charge in [0.25, 0.3) is 5.91 Å². The second-order valence-corrected chi connectivity index (χ2v) is 16.4. The fraction of sp³-hybridized carbons (Fsp3) is 0.523. The second kappa shape index (κ2) is 17.5. The van der Waals surface area contributed by atoms with Crippen LogP contribution in [0, 0.1) is 17.0 Å². The summed E-state index contributed by atoms with van der Waals surface area (Å²) in [6, 6.07) is 6.32. The van der Waals surface area contributed by atoms with E-state index < -0.39 is 11.6 Å². The number of phenols is 1. The van der Waals surface area contributed by atoms with Crippen molar-refractivity contribution in [2.24, 2.45) is 16.1 Å². The van der Waals surface area contributed by atoms with Crippen molar-refractivity contribution in [3.8, 4) is 23.0 Å².